The Morgan fingerprint density at radius 2 is 1.92 bits per heavy atom. The summed E-state index contributed by atoms with van der Waals surface area (Å²) in [6.07, 6.45) is 3.04. The van der Waals surface area contributed by atoms with E-state index in [9.17, 15) is 9.59 Å². The number of likely N-dealkylation sites (tertiary alicyclic amines) is 1. The standard InChI is InChI=1S/C18H26N4O2/c1-11-4-5-12(2)22(11)13(3)17(23)20-15-6-7-16-14(10-15)8-9-21(16)18(19)24/h6-7,10-13H,4-5,8-9H2,1-3H3,(H2,19,24)(H,20,23)/t11-,12-,13+/m1/s1. The molecule has 6 nitrogen and oxygen atoms in total. The van der Waals surface area contributed by atoms with Crippen LogP contribution >= 0.6 is 0 Å². The largest absolute Gasteiger partial charge is 0.351 e. The molecule has 1 fully saturated rings. The van der Waals surface area contributed by atoms with Crippen LogP contribution in [-0.4, -0.2) is 41.5 Å². The Bertz CT molecular complexity index is 650. The first kappa shape index (κ1) is 16.8. The quantitative estimate of drug-likeness (QED) is 0.893. The van der Waals surface area contributed by atoms with E-state index >= 15 is 0 Å². The zero-order chi connectivity index (χ0) is 17.4. The van der Waals surface area contributed by atoms with E-state index in [0.717, 1.165) is 36.2 Å². The summed E-state index contributed by atoms with van der Waals surface area (Å²) in [5, 5.41) is 3.02. The van der Waals surface area contributed by atoms with Crippen molar-refractivity contribution < 1.29 is 9.59 Å². The highest BCUT2D eigenvalue weighted by Gasteiger charge is 2.34. The van der Waals surface area contributed by atoms with Crippen molar-refractivity contribution in [3.8, 4) is 0 Å². The number of hydrogen-bond donors (Lipinski definition) is 2. The first-order valence-corrected chi connectivity index (χ1v) is 8.66. The van der Waals surface area contributed by atoms with E-state index < -0.39 is 6.03 Å². The van der Waals surface area contributed by atoms with Gasteiger partial charge < -0.3 is 11.1 Å². The highest BCUT2D eigenvalue weighted by molar-refractivity contribution is 5.96. The van der Waals surface area contributed by atoms with Crippen LogP contribution < -0.4 is 16.0 Å². The summed E-state index contributed by atoms with van der Waals surface area (Å²) in [6.45, 7) is 6.93. The average molecular weight is 330 g/mol. The first-order chi connectivity index (χ1) is 11.4. The van der Waals surface area contributed by atoms with Gasteiger partial charge >= 0.3 is 6.03 Å². The summed E-state index contributed by atoms with van der Waals surface area (Å²) >= 11 is 0. The molecule has 0 radical (unpaired) electrons. The number of nitrogens with two attached hydrogens (primary N) is 1. The molecule has 3 rings (SSSR count). The van der Waals surface area contributed by atoms with Gasteiger partial charge in [0.05, 0.1) is 6.04 Å². The van der Waals surface area contributed by atoms with Crippen molar-refractivity contribution in [1.82, 2.24) is 4.90 Å². The highest BCUT2D eigenvalue weighted by atomic mass is 16.2. The minimum absolute atomic E-state index is 0.0142. The molecule has 3 N–H and O–H groups in total. The Hall–Kier alpha value is -2.08. The van der Waals surface area contributed by atoms with Gasteiger partial charge in [-0.25, -0.2) is 4.79 Å². The number of nitrogens with zero attached hydrogens (tertiary/aromatic N) is 2. The fourth-order valence-electron chi connectivity index (χ4n) is 4.07. The molecule has 2 heterocycles. The molecule has 0 aliphatic carbocycles. The second kappa shape index (κ2) is 6.43. The maximum atomic E-state index is 12.6. The molecule has 24 heavy (non-hydrogen) atoms. The lowest BCUT2D eigenvalue weighted by Crippen LogP contribution is -2.46. The molecule has 0 aromatic heterocycles. The van der Waals surface area contributed by atoms with Crippen LogP contribution in [0.4, 0.5) is 16.2 Å². The molecule has 130 valence electrons. The predicted molar refractivity (Wildman–Crippen MR) is 95.2 cm³/mol. The van der Waals surface area contributed by atoms with Crippen molar-refractivity contribution in [2.45, 2.75) is 58.2 Å². The van der Waals surface area contributed by atoms with E-state index in [1.54, 1.807) is 4.90 Å². The third-order valence-electron chi connectivity index (χ3n) is 5.36. The lowest BCUT2D eigenvalue weighted by atomic mass is 10.1. The summed E-state index contributed by atoms with van der Waals surface area (Å²) in [6, 6.07) is 5.91. The van der Waals surface area contributed by atoms with E-state index in [0.29, 0.717) is 18.6 Å². The second-order valence-corrected chi connectivity index (χ2v) is 6.97. The molecule has 0 bridgehead atoms. The normalized spacial score (nSPS) is 24.7. The highest BCUT2D eigenvalue weighted by Crippen LogP contribution is 2.31. The van der Waals surface area contributed by atoms with Crippen LogP contribution in [-0.2, 0) is 11.2 Å². The maximum Gasteiger partial charge on any atom is 0.319 e. The molecule has 1 aromatic rings. The number of benzene rings is 1. The summed E-state index contributed by atoms with van der Waals surface area (Å²) < 4.78 is 0. The number of carbonyl (C=O) groups is 2. The number of hydrogen-bond acceptors (Lipinski definition) is 3. The van der Waals surface area contributed by atoms with E-state index in [1.807, 2.05) is 25.1 Å². The third-order valence-corrected chi connectivity index (χ3v) is 5.36. The van der Waals surface area contributed by atoms with Crippen molar-refractivity contribution in [1.29, 1.82) is 0 Å². The minimum atomic E-state index is -0.434. The van der Waals surface area contributed by atoms with Gasteiger partial charge in [0.1, 0.15) is 0 Å². The lowest BCUT2D eigenvalue weighted by Gasteiger charge is -2.31. The first-order valence-electron chi connectivity index (χ1n) is 8.66. The topological polar surface area (TPSA) is 78.7 Å². The smallest absolute Gasteiger partial charge is 0.319 e. The summed E-state index contributed by atoms with van der Waals surface area (Å²) in [7, 11) is 0. The number of primary amides is 1. The Balaban J connectivity index is 1.70. The van der Waals surface area contributed by atoms with Gasteiger partial charge in [-0.05, 0) is 63.8 Å². The second-order valence-electron chi connectivity index (χ2n) is 6.97. The van der Waals surface area contributed by atoms with Gasteiger partial charge in [0.25, 0.3) is 0 Å². The monoisotopic (exact) mass is 330 g/mol. The summed E-state index contributed by atoms with van der Waals surface area (Å²) in [5.74, 6) is 0.0142. The van der Waals surface area contributed by atoms with Gasteiger partial charge in [0, 0.05) is 30.0 Å². The number of nitrogens with one attached hydrogen (secondary N) is 1. The number of amides is 3. The van der Waals surface area contributed by atoms with Crippen LogP contribution in [0.15, 0.2) is 18.2 Å². The fourth-order valence-corrected chi connectivity index (χ4v) is 4.07. The SMILES string of the molecule is C[C@@H]1CC[C@@H](C)N1[C@@H](C)C(=O)Nc1ccc2c(c1)CCN2C(N)=O. The molecule has 0 saturated carbocycles. The average Bonchev–Trinajstić information content (AvgIpc) is 3.09. The molecule has 1 saturated heterocycles. The van der Waals surface area contributed by atoms with Gasteiger partial charge in [-0.1, -0.05) is 0 Å². The van der Waals surface area contributed by atoms with Crippen LogP contribution in [0.3, 0.4) is 0 Å². The minimum Gasteiger partial charge on any atom is -0.351 e. The van der Waals surface area contributed by atoms with Gasteiger partial charge in [-0.3, -0.25) is 14.6 Å². The predicted octanol–water partition coefficient (Wildman–Crippen LogP) is 2.33. The maximum absolute atomic E-state index is 12.6. The molecular weight excluding hydrogens is 304 g/mol. The van der Waals surface area contributed by atoms with Crippen molar-refractivity contribution in [3.05, 3.63) is 23.8 Å². The van der Waals surface area contributed by atoms with E-state index in [1.165, 1.54) is 0 Å². The molecule has 3 atom stereocenters. The van der Waals surface area contributed by atoms with E-state index in [4.69, 9.17) is 5.73 Å². The van der Waals surface area contributed by atoms with Crippen LogP contribution in [0.5, 0.6) is 0 Å². The van der Waals surface area contributed by atoms with Crippen LogP contribution in [0.25, 0.3) is 0 Å². The van der Waals surface area contributed by atoms with Crippen molar-refractivity contribution in [3.63, 3.8) is 0 Å². The van der Waals surface area contributed by atoms with Crippen LogP contribution in [0.1, 0.15) is 39.2 Å². The zero-order valence-corrected chi connectivity index (χ0v) is 14.6. The molecular formula is C18H26N4O2. The number of anilines is 2. The number of rotatable bonds is 3. The summed E-state index contributed by atoms with van der Waals surface area (Å²) in [4.78, 5) is 27.9. The fraction of sp³-hybridized carbons (Fsp3) is 0.556. The molecule has 3 amide bonds. The van der Waals surface area contributed by atoms with Crippen LogP contribution in [0, 0.1) is 0 Å². The number of fused-ring (bicyclic) bond motifs is 1. The molecule has 0 unspecified atom stereocenters. The van der Waals surface area contributed by atoms with Crippen LogP contribution in [0.2, 0.25) is 0 Å². The van der Waals surface area contributed by atoms with Gasteiger partial charge in [0.15, 0.2) is 0 Å². The molecule has 2 aliphatic heterocycles. The number of carbonyl (C=O) groups excluding carboxylic acids is 2. The van der Waals surface area contributed by atoms with Gasteiger partial charge in [-0.2, -0.15) is 0 Å². The Morgan fingerprint density at radius 3 is 2.54 bits per heavy atom. The molecule has 6 heteroatoms. The zero-order valence-electron chi connectivity index (χ0n) is 14.6. The van der Waals surface area contributed by atoms with Gasteiger partial charge in [-0.15, -0.1) is 0 Å². The number of urea groups is 1. The molecule has 1 aromatic carbocycles. The molecule has 0 spiro atoms. The van der Waals surface area contributed by atoms with E-state index in [-0.39, 0.29) is 11.9 Å². The Kier molecular flexibility index (Phi) is 4.49. The Labute approximate surface area is 143 Å². The Morgan fingerprint density at radius 1 is 1.25 bits per heavy atom. The van der Waals surface area contributed by atoms with Crippen molar-refractivity contribution in [2.24, 2.45) is 5.73 Å². The van der Waals surface area contributed by atoms with E-state index in [2.05, 4.69) is 24.1 Å². The van der Waals surface area contributed by atoms with Gasteiger partial charge in [0.2, 0.25) is 5.91 Å². The third kappa shape index (κ3) is 2.98. The van der Waals surface area contributed by atoms with Crippen molar-refractivity contribution >= 4 is 23.3 Å². The molecule has 2 aliphatic rings. The summed E-state index contributed by atoms with van der Waals surface area (Å²) in [5.41, 5.74) is 8.04. The van der Waals surface area contributed by atoms with Crippen molar-refractivity contribution in [2.75, 3.05) is 16.8 Å². The lowest BCUT2D eigenvalue weighted by molar-refractivity contribution is -0.121.